The van der Waals surface area contributed by atoms with Gasteiger partial charge in [-0.2, -0.15) is 0 Å². The SMILES string of the molecule is CC1\C=C/C=C\C=C/C=C\C=C/C=C\C=C/C(OC2O[C@H](C)[C@@H](O)[C@H](N)[C@@H]2O)CC2OC(O)(CC(O)CC(O)CC(O)CC(=O)CCCC(=O)CC(=O)OC1C(C)CC(C)C(O)CC(=O)c1ccc(N)cc1)CC(O)C2C(=O)O. The maximum absolute atomic E-state index is 13.3. The summed E-state index contributed by atoms with van der Waals surface area (Å²) in [5, 5.41) is 97.8. The van der Waals surface area contributed by atoms with Gasteiger partial charge in [0.15, 0.2) is 17.9 Å². The fraction of sp³-hybridized carbons (Fsp3) is 0.576. The number of aliphatic hydroxyl groups excluding tert-OH is 7. The van der Waals surface area contributed by atoms with Gasteiger partial charge in [0.2, 0.25) is 0 Å². The number of hydrogen-bond donors (Lipinski definition) is 11. The molecule has 3 heterocycles. The van der Waals surface area contributed by atoms with Crippen LogP contribution < -0.4 is 11.5 Å². The first kappa shape index (κ1) is 66.2. The molecule has 0 amide bonds. The number of nitrogen functional groups attached to an aromatic ring is 1. The van der Waals surface area contributed by atoms with Crippen molar-refractivity contribution in [3.8, 4) is 0 Å². The Bertz CT molecular complexity index is 2330. The van der Waals surface area contributed by atoms with E-state index in [9.17, 15) is 69.9 Å². The molecule has 14 unspecified atom stereocenters. The summed E-state index contributed by atoms with van der Waals surface area (Å²) in [5.41, 5.74) is 12.7. The highest BCUT2D eigenvalue weighted by molar-refractivity contribution is 5.97. The summed E-state index contributed by atoms with van der Waals surface area (Å²) in [6, 6.07) is 5.27. The Balaban J connectivity index is 1.54. The lowest BCUT2D eigenvalue weighted by Gasteiger charge is -2.45. The highest BCUT2D eigenvalue weighted by Gasteiger charge is 2.51. The van der Waals surface area contributed by atoms with Crippen molar-refractivity contribution in [1.82, 2.24) is 0 Å². The number of carbonyl (C=O) groups excluding carboxylic acids is 4. The van der Waals surface area contributed by atoms with Gasteiger partial charge >= 0.3 is 11.9 Å². The molecule has 3 aliphatic rings. The van der Waals surface area contributed by atoms with E-state index in [1.165, 1.54) is 13.0 Å². The van der Waals surface area contributed by atoms with Crippen molar-refractivity contribution in [2.24, 2.45) is 29.4 Å². The Kier molecular flexibility index (Phi) is 27.5. The largest absolute Gasteiger partial charge is 0.481 e. The number of anilines is 1. The number of aliphatic carboxylic acids is 1. The molecule has 20 nitrogen and oxygen atoms in total. The summed E-state index contributed by atoms with van der Waals surface area (Å²) >= 11 is 0. The zero-order valence-corrected chi connectivity index (χ0v) is 45.5. The number of fused-ring (bicyclic) bond motifs is 2. The van der Waals surface area contributed by atoms with Gasteiger partial charge in [0.05, 0.1) is 61.0 Å². The van der Waals surface area contributed by atoms with Gasteiger partial charge in [-0.25, -0.2) is 0 Å². The number of carboxylic acid groups (broad SMARTS) is 1. The third-order valence-electron chi connectivity index (χ3n) is 14.4. The van der Waals surface area contributed by atoms with E-state index in [4.69, 9.17) is 30.4 Å². The topological polar surface area (TPSA) is 356 Å². The number of esters is 1. The monoisotopic (exact) mass is 1110 g/mol. The molecular weight excluding hydrogens is 1020 g/mol. The van der Waals surface area contributed by atoms with Crippen molar-refractivity contribution in [2.45, 2.75) is 190 Å². The second-order valence-electron chi connectivity index (χ2n) is 21.4. The number of cyclic esters (lactones) is 1. The summed E-state index contributed by atoms with van der Waals surface area (Å²) in [7, 11) is 0. The van der Waals surface area contributed by atoms with Crippen molar-refractivity contribution in [2.75, 3.05) is 5.73 Å². The molecule has 0 radical (unpaired) electrons. The van der Waals surface area contributed by atoms with Crippen LogP contribution in [0.5, 0.6) is 0 Å². The number of ketones is 3. The van der Waals surface area contributed by atoms with Crippen LogP contribution in [-0.4, -0.2) is 161 Å². The molecule has 1 aromatic carbocycles. The predicted molar refractivity (Wildman–Crippen MR) is 292 cm³/mol. The van der Waals surface area contributed by atoms with Crippen molar-refractivity contribution in [1.29, 1.82) is 0 Å². The average Bonchev–Trinajstić information content (AvgIpc) is 3.40. The smallest absolute Gasteiger partial charge is 0.313 e. The van der Waals surface area contributed by atoms with Crippen molar-refractivity contribution >= 4 is 35.0 Å². The second-order valence-corrected chi connectivity index (χ2v) is 21.4. The van der Waals surface area contributed by atoms with Crippen LogP contribution >= 0.6 is 0 Å². The lowest BCUT2D eigenvalue weighted by atomic mass is 9.82. The Morgan fingerprint density at radius 3 is 1.94 bits per heavy atom. The Morgan fingerprint density at radius 2 is 1.33 bits per heavy atom. The quantitative estimate of drug-likeness (QED) is 0.0687. The van der Waals surface area contributed by atoms with Gasteiger partial charge in [-0.1, -0.05) is 106 Å². The average molecular weight is 1110 g/mol. The minimum atomic E-state index is -2.32. The minimum Gasteiger partial charge on any atom is -0.481 e. The number of Topliss-reactive ketones (excluding diaryl/α,β-unsaturated/α-hetero) is 3. The highest BCUT2D eigenvalue weighted by Crippen LogP contribution is 2.38. The molecule has 0 aromatic heterocycles. The van der Waals surface area contributed by atoms with Crippen molar-refractivity contribution in [3.05, 3.63) is 115 Å². The van der Waals surface area contributed by atoms with Crippen LogP contribution in [0.2, 0.25) is 0 Å². The number of rotatable bonds is 10. The zero-order chi connectivity index (χ0) is 58.4. The molecule has 1 aromatic rings. The molecule has 0 saturated carbocycles. The van der Waals surface area contributed by atoms with Crippen LogP contribution in [0.15, 0.2) is 109 Å². The molecule has 2 fully saturated rings. The number of hydrogen-bond acceptors (Lipinski definition) is 19. The molecule has 438 valence electrons. The summed E-state index contributed by atoms with van der Waals surface area (Å²) in [4.78, 5) is 64.6. The predicted octanol–water partition coefficient (Wildman–Crippen LogP) is 3.77. The first-order valence-electron chi connectivity index (χ1n) is 27.1. The van der Waals surface area contributed by atoms with Gasteiger partial charge in [-0.3, -0.25) is 24.0 Å². The van der Waals surface area contributed by atoms with Gasteiger partial charge in [-0.15, -0.1) is 0 Å². The number of benzene rings is 1. The van der Waals surface area contributed by atoms with Gasteiger partial charge < -0.3 is 76.4 Å². The van der Waals surface area contributed by atoms with Crippen molar-refractivity contribution < 1.29 is 88.9 Å². The standard InChI is InChI=1S/C59H84N2O18/c1-35-18-15-13-11-9-7-5-6-8-10-12-14-16-21-46(77-58-55(72)53(61)54(71)38(4)76-58)31-50-52(57(73)74)49(69)34-59(75,79-50)33-45(66)29-44(65)28-43(64)27-41(62)19-17-20-42(63)30-51(70)78-56(35)37(3)26-36(2)47(67)32-48(68)39-22-24-40(60)25-23-39/h5-16,18,21-25,35-38,43-47,49-50,52-56,58,64-67,69,71-72,75H,17,19-20,26-34,60-61H2,1-4H3,(H,73,74)/b6-5-,9-7-,10-8-,13-11-,14-12-,18-15-,21-16-/t35?,36?,37?,38-,43?,44?,45?,46?,47?,49?,50?,52?,53+,54-,55+,56?,58?,59?/m1/s1. The fourth-order valence-electron chi connectivity index (χ4n) is 10.0. The first-order chi connectivity index (χ1) is 37.4. The molecular formula is C59H84N2O18. The third kappa shape index (κ3) is 22.6. The lowest BCUT2D eigenvalue weighted by Crippen LogP contribution is -2.61. The Morgan fingerprint density at radius 1 is 0.759 bits per heavy atom. The van der Waals surface area contributed by atoms with Gasteiger partial charge in [0.1, 0.15) is 36.1 Å². The fourth-order valence-corrected chi connectivity index (χ4v) is 10.0. The number of aliphatic hydroxyl groups is 8. The van der Waals surface area contributed by atoms with E-state index in [1.807, 2.05) is 26.8 Å². The molecule has 0 aliphatic carbocycles. The van der Waals surface area contributed by atoms with Crippen LogP contribution in [0.25, 0.3) is 0 Å². The van der Waals surface area contributed by atoms with E-state index in [2.05, 4.69) is 0 Å². The van der Waals surface area contributed by atoms with Crippen molar-refractivity contribution in [3.63, 3.8) is 0 Å². The number of allylic oxidation sites excluding steroid dienone is 12. The third-order valence-corrected chi connectivity index (χ3v) is 14.4. The molecule has 2 bridgehead atoms. The normalized spacial score (nSPS) is 36.9. The number of carbonyl (C=O) groups is 5. The Hall–Kier alpha value is -5.33. The molecule has 79 heavy (non-hydrogen) atoms. The molecule has 0 spiro atoms. The van der Waals surface area contributed by atoms with E-state index >= 15 is 0 Å². The second kappa shape index (κ2) is 32.8. The van der Waals surface area contributed by atoms with Crippen LogP contribution in [0.3, 0.4) is 0 Å². The zero-order valence-electron chi connectivity index (χ0n) is 45.5. The van der Waals surface area contributed by atoms with Crippen LogP contribution in [0, 0.1) is 23.7 Å². The lowest BCUT2D eigenvalue weighted by molar-refractivity contribution is -0.308. The summed E-state index contributed by atoms with van der Waals surface area (Å²) in [6.45, 7) is 7.07. The van der Waals surface area contributed by atoms with Gasteiger partial charge in [-0.05, 0) is 68.7 Å². The summed E-state index contributed by atoms with van der Waals surface area (Å²) in [5.74, 6) is -8.34. The molecule has 13 N–H and O–H groups in total. The number of ether oxygens (including phenoxy) is 4. The minimum absolute atomic E-state index is 0.0673. The summed E-state index contributed by atoms with van der Waals surface area (Å²) in [6.07, 6.45) is 5.73. The number of nitrogens with two attached hydrogens (primary N) is 2. The summed E-state index contributed by atoms with van der Waals surface area (Å²) < 4.78 is 23.7. The van der Waals surface area contributed by atoms with Crippen LogP contribution in [-0.2, 0) is 38.1 Å². The van der Waals surface area contributed by atoms with Gasteiger partial charge in [0.25, 0.3) is 0 Å². The molecule has 18 atom stereocenters. The van der Waals surface area contributed by atoms with Crippen LogP contribution in [0.4, 0.5) is 5.69 Å². The van der Waals surface area contributed by atoms with E-state index in [-0.39, 0.29) is 62.1 Å². The first-order valence-corrected chi connectivity index (χ1v) is 27.1. The molecule has 20 heteroatoms. The van der Waals surface area contributed by atoms with Crippen LogP contribution in [0.1, 0.15) is 115 Å². The van der Waals surface area contributed by atoms with E-state index in [0.717, 1.165) is 0 Å². The van der Waals surface area contributed by atoms with E-state index < -0.39 is 147 Å². The molecule has 2 saturated heterocycles. The molecule has 4 rings (SSSR count). The van der Waals surface area contributed by atoms with Gasteiger partial charge in [0, 0.05) is 62.1 Å². The maximum Gasteiger partial charge on any atom is 0.313 e. The molecule has 3 aliphatic heterocycles. The highest BCUT2D eigenvalue weighted by atomic mass is 16.7. The maximum atomic E-state index is 13.3. The van der Waals surface area contributed by atoms with E-state index in [0.29, 0.717) is 17.7 Å². The Labute approximate surface area is 462 Å². The number of carboxylic acids is 1. The van der Waals surface area contributed by atoms with E-state index in [1.54, 1.807) is 97.2 Å².